The number of carbonyl (C=O) groups excluding carboxylic acids is 1. The van der Waals surface area contributed by atoms with Gasteiger partial charge in [-0.2, -0.15) is 74.6 Å². The summed E-state index contributed by atoms with van der Waals surface area (Å²) in [5, 5.41) is 0.669. The van der Waals surface area contributed by atoms with Gasteiger partial charge in [-0.05, 0) is 37.3 Å². The number of aromatic nitrogens is 2. The Morgan fingerprint density at radius 1 is 0.644 bits per heavy atom. The van der Waals surface area contributed by atoms with Crippen molar-refractivity contribution in [1.29, 1.82) is 0 Å². The molecule has 0 saturated heterocycles. The molecule has 2 rings (SSSR count). The quantitative estimate of drug-likeness (QED) is 0.259. The van der Waals surface area contributed by atoms with E-state index in [1.54, 1.807) is 0 Å². The molecule has 0 spiro atoms. The molecule has 1 aromatic carbocycles. The molecule has 0 aliphatic carbocycles. The van der Waals surface area contributed by atoms with Gasteiger partial charge in [0.2, 0.25) is 5.95 Å². The first-order chi connectivity index (χ1) is 19.8. The maximum absolute atomic E-state index is 14.1. The van der Waals surface area contributed by atoms with Crippen LogP contribution in [0.5, 0.6) is 0 Å². The summed E-state index contributed by atoms with van der Waals surface area (Å²) < 4.78 is 254. The third-order valence-electron chi connectivity index (χ3n) is 5.45. The number of rotatable bonds is 11. The number of amides is 1. The summed E-state index contributed by atoms with van der Waals surface area (Å²) in [4.78, 5) is 18.1. The average Bonchev–Trinajstić information content (AvgIpc) is 2.87. The minimum absolute atomic E-state index is 0.263. The van der Waals surface area contributed by atoms with Crippen molar-refractivity contribution in [1.82, 2.24) is 9.97 Å². The normalized spacial score (nSPS) is 14.7. The Labute approximate surface area is 237 Å². The summed E-state index contributed by atoms with van der Waals surface area (Å²) in [5.74, 6) is -63.2. The van der Waals surface area contributed by atoms with E-state index in [4.69, 9.17) is 0 Å². The topological polar surface area (TPSA) is 101 Å². The number of hydrogen-bond donors (Lipinski definition) is 2. The number of sulfonamides is 1. The highest BCUT2D eigenvalue weighted by molar-refractivity contribution is 7.92. The van der Waals surface area contributed by atoms with E-state index in [-0.39, 0.29) is 5.69 Å². The fourth-order valence-electron chi connectivity index (χ4n) is 2.91. The predicted molar refractivity (Wildman–Crippen MR) is 113 cm³/mol. The largest absolute Gasteiger partial charge is 0.460 e. The van der Waals surface area contributed by atoms with E-state index >= 15 is 0 Å². The molecule has 254 valence electrons. The number of anilines is 2. The highest BCUT2D eigenvalue weighted by atomic mass is 32.2. The van der Waals surface area contributed by atoms with Crippen molar-refractivity contribution >= 4 is 27.6 Å². The molecule has 1 aromatic heterocycles. The molecular weight excluding hydrogens is 699 g/mol. The van der Waals surface area contributed by atoms with Gasteiger partial charge in [0, 0.05) is 17.6 Å². The second-order valence-corrected chi connectivity index (χ2v) is 10.3. The fourth-order valence-corrected chi connectivity index (χ4v) is 3.86. The molecule has 1 amide bonds. The summed E-state index contributed by atoms with van der Waals surface area (Å²) in [6.07, 6.45) is -6.78. The first-order valence-electron chi connectivity index (χ1n) is 10.8. The zero-order valence-corrected chi connectivity index (χ0v) is 21.7. The average molecular weight is 710 g/mol. The highest BCUT2D eigenvalue weighted by Crippen LogP contribution is 2.64. The SMILES string of the molecule is Cc1ccnc(NS(=O)(=O)c2ccc(NC(=O)C(F)(F)C(F)(F)C(F)(F)C(F)(F)C(F)(F)C(F)(F)C(F)(F)C(F)(F)F)cc2)n1. The van der Waals surface area contributed by atoms with Crippen LogP contribution in [0, 0.1) is 6.92 Å². The summed E-state index contributed by atoms with van der Waals surface area (Å²) in [5.41, 5.74) is -0.948. The van der Waals surface area contributed by atoms with Crippen LogP contribution in [0.1, 0.15) is 5.69 Å². The van der Waals surface area contributed by atoms with E-state index in [0.29, 0.717) is 29.6 Å². The Morgan fingerprint density at radius 3 is 1.49 bits per heavy atom. The van der Waals surface area contributed by atoms with Crippen LogP contribution in [0.3, 0.4) is 0 Å². The monoisotopic (exact) mass is 710 g/mol. The molecule has 0 fully saturated rings. The third kappa shape index (κ3) is 5.89. The third-order valence-corrected chi connectivity index (χ3v) is 6.79. The molecule has 0 unspecified atom stereocenters. The first kappa shape index (κ1) is 37.5. The number of nitrogens with one attached hydrogen (secondary N) is 2. The Morgan fingerprint density at radius 2 is 1.07 bits per heavy atom. The van der Waals surface area contributed by atoms with Gasteiger partial charge in [-0.3, -0.25) is 4.79 Å². The van der Waals surface area contributed by atoms with Gasteiger partial charge in [0.15, 0.2) is 0 Å². The smallest absolute Gasteiger partial charge is 0.321 e. The lowest BCUT2D eigenvalue weighted by molar-refractivity contribution is -0.459. The molecule has 25 heteroatoms. The molecule has 2 N–H and O–H groups in total. The van der Waals surface area contributed by atoms with E-state index in [1.165, 1.54) is 13.0 Å². The van der Waals surface area contributed by atoms with Gasteiger partial charge in [0.05, 0.1) is 4.90 Å². The van der Waals surface area contributed by atoms with Crippen LogP contribution in [0.4, 0.5) is 86.3 Å². The van der Waals surface area contributed by atoms with Crippen molar-refractivity contribution in [2.45, 2.75) is 59.5 Å². The predicted octanol–water partition coefficient (Wildman–Crippen LogP) is 6.53. The van der Waals surface area contributed by atoms with Crippen molar-refractivity contribution in [3.05, 3.63) is 42.2 Å². The van der Waals surface area contributed by atoms with Gasteiger partial charge in [-0.15, -0.1) is 0 Å². The molecule has 0 atom stereocenters. The standard InChI is InChI=1S/C20H11F17N4O3S/c1-8-6-7-38-12(39-8)41-45(43,44)10-4-2-9(3-5-10)40-11(42)13(21,22)14(23,24)15(25,26)16(27,28)17(29,30)18(31,32)19(33,34)20(35,36)37/h2-7H,1H3,(H,40,42)(H,38,39,41). The number of alkyl halides is 17. The molecule has 1 heterocycles. The number of nitrogens with zero attached hydrogens (tertiary/aromatic N) is 2. The molecule has 2 aromatic rings. The number of hydrogen-bond acceptors (Lipinski definition) is 5. The fraction of sp³-hybridized carbons (Fsp3) is 0.450. The molecule has 0 aliphatic rings. The van der Waals surface area contributed by atoms with E-state index in [2.05, 4.69) is 9.97 Å². The lowest BCUT2D eigenvalue weighted by atomic mass is 9.89. The van der Waals surface area contributed by atoms with Crippen LogP contribution >= 0.6 is 0 Å². The van der Waals surface area contributed by atoms with Crippen LogP contribution in [-0.2, 0) is 14.8 Å². The van der Waals surface area contributed by atoms with E-state index in [1.807, 2.05) is 4.72 Å². The van der Waals surface area contributed by atoms with Gasteiger partial charge >= 0.3 is 53.5 Å². The maximum atomic E-state index is 14.1. The van der Waals surface area contributed by atoms with E-state index in [0.717, 1.165) is 6.20 Å². The van der Waals surface area contributed by atoms with Crippen molar-refractivity contribution in [2.24, 2.45) is 0 Å². The summed E-state index contributed by atoms with van der Waals surface area (Å²) in [6, 6.07) is 2.78. The van der Waals surface area contributed by atoms with Crippen LogP contribution in [0.15, 0.2) is 41.4 Å². The summed E-state index contributed by atoms with van der Waals surface area (Å²) in [7, 11) is -4.60. The zero-order valence-electron chi connectivity index (χ0n) is 20.9. The van der Waals surface area contributed by atoms with Crippen molar-refractivity contribution < 1.29 is 87.8 Å². The van der Waals surface area contributed by atoms with Crippen molar-refractivity contribution in [3.63, 3.8) is 0 Å². The van der Waals surface area contributed by atoms with Crippen LogP contribution in [0.2, 0.25) is 0 Å². The van der Waals surface area contributed by atoms with E-state index < -0.39 is 80.1 Å². The Kier molecular flexibility index (Phi) is 9.17. The lowest BCUT2D eigenvalue weighted by Gasteiger charge is -2.42. The molecule has 0 bridgehead atoms. The number of aryl methyl sites for hydroxylation is 1. The van der Waals surface area contributed by atoms with Gasteiger partial charge in [0.25, 0.3) is 10.0 Å². The highest BCUT2D eigenvalue weighted by Gasteiger charge is 2.95. The maximum Gasteiger partial charge on any atom is 0.460 e. The summed E-state index contributed by atoms with van der Waals surface area (Å²) >= 11 is 0. The summed E-state index contributed by atoms with van der Waals surface area (Å²) in [6.45, 7) is 1.42. The first-order valence-corrected chi connectivity index (χ1v) is 12.3. The minimum atomic E-state index is -8.84. The number of carbonyl (C=O) groups is 1. The molecule has 0 aliphatic heterocycles. The van der Waals surface area contributed by atoms with Gasteiger partial charge in [0.1, 0.15) is 0 Å². The Bertz CT molecular complexity index is 1530. The second-order valence-electron chi connectivity index (χ2n) is 8.62. The van der Waals surface area contributed by atoms with E-state index in [9.17, 15) is 87.8 Å². The number of benzene rings is 1. The minimum Gasteiger partial charge on any atom is -0.321 e. The molecular formula is C20H11F17N4O3S. The molecule has 45 heavy (non-hydrogen) atoms. The lowest BCUT2D eigenvalue weighted by Crippen LogP contribution is -2.75. The second kappa shape index (κ2) is 11.0. The van der Waals surface area contributed by atoms with Gasteiger partial charge in [-0.25, -0.2) is 23.1 Å². The zero-order chi connectivity index (χ0) is 35.5. The Balaban J connectivity index is 2.40. The van der Waals surface area contributed by atoms with Gasteiger partial charge in [-0.1, -0.05) is 0 Å². The molecule has 7 nitrogen and oxygen atoms in total. The molecule has 0 saturated carbocycles. The Hall–Kier alpha value is -3.67. The van der Waals surface area contributed by atoms with Crippen molar-refractivity contribution in [2.75, 3.05) is 10.0 Å². The van der Waals surface area contributed by atoms with Crippen LogP contribution in [0.25, 0.3) is 0 Å². The van der Waals surface area contributed by atoms with Crippen LogP contribution in [-0.4, -0.2) is 71.9 Å². The molecule has 0 radical (unpaired) electrons. The number of halogens is 17. The van der Waals surface area contributed by atoms with Crippen molar-refractivity contribution in [3.8, 4) is 0 Å². The van der Waals surface area contributed by atoms with Crippen LogP contribution < -0.4 is 10.0 Å². The van der Waals surface area contributed by atoms with Gasteiger partial charge < -0.3 is 5.32 Å².